The van der Waals surface area contributed by atoms with Gasteiger partial charge in [0.1, 0.15) is 0 Å². The maximum absolute atomic E-state index is 11.3. The number of hydrogen-bond acceptors (Lipinski definition) is 3. The molecule has 0 aromatic rings. The lowest BCUT2D eigenvalue weighted by Gasteiger charge is -2.15. The van der Waals surface area contributed by atoms with Crippen LogP contribution in [0.2, 0.25) is 0 Å². The van der Waals surface area contributed by atoms with Gasteiger partial charge in [0, 0.05) is 12.0 Å². The molecule has 0 aliphatic heterocycles. The molecule has 3 nitrogen and oxygen atoms in total. The van der Waals surface area contributed by atoms with Crippen molar-refractivity contribution in [2.45, 2.75) is 65.6 Å². The van der Waals surface area contributed by atoms with E-state index in [0.29, 0.717) is 12.0 Å². The van der Waals surface area contributed by atoms with Crippen molar-refractivity contribution in [3.63, 3.8) is 0 Å². The molecule has 0 saturated heterocycles. The van der Waals surface area contributed by atoms with Crippen molar-refractivity contribution < 1.29 is 14.3 Å². The topological polar surface area (TPSA) is 35.5 Å². The van der Waals surface area contributed by atoms with Crippen LogP contribution in [-0.4, -0.2) is 12.3 Å². The van der Waals surface area contributed by atoms with Crippen molar-refractivity contribution >= 4 is 5.97 Å². The van der Waals surface area contributed by atoms with E-state index in [2.05, 4.69) is 13.5 Å². The molecule has 0 aliphatic carbocycles. The standard InChI is InChI=1S/C15H26O3/c1-5-7-8-9-10-11-12-17-14(6-2)18-15(16)13(3)4/h11-12,14H,3,5-10H2,1-2,4H3/b12-11+. The number of hydrogen-bond donors (Lipinski definition) is 0. The van der Waals surface area contributed by atoms with Crippen LogP contribution in [0.5, 0.6) is 0 Å². The number of unbranched alkanes of at least 4 members (excludes halogenated alkanes) is 4. The fraction of sp³-hybridized carbons (Fsp3) is 0.667. The Kier molecular flexibility index (Phi) is 10.1. The number of rotatable bonds is 10. The van der Waals surface area contributed by atoms with Crippen molar-refractivity contribution in [3.8, 4) is 0 Å². The second-order valence-electron chi connectivity index (χ2n) is 4.38. The summed E-state index contributed by atoms with van der Waals surface area (Å²) in [7, 11) is 0. The predicted molar refractivity (Wildman–Crippen MR) is 74.0 cm³/mol. The van der Waals surface area contributed by atoms with Gasteiger partial charge in [-0.1, -0.05) is 39.7 Å². The summed E-state index contributed by atoms with van der Waals surface area (Å²) >= 11 is 0. The minimum atomic E-state index is -0.513. The lowest BCUT2D eigenvalue weighted by molar-refractivity contribution is -0.164. The van der Waals surface area contributed by atoms with Crippen LogP contribution in [0.15, 0.2) is 24.5 Å². The smallest absolute Gasteiger partial charge is 0.336 e. The molecule has 3 heteroatoms. The number of esters is 1. The van der Waals surface area contributed by atoms with Crippen molar-refractivity contribution in [2.24, 2.45) is 0 Å². The molecule has 0 bridgehead atoms. The second-order valence-corrected chi connectivity index (χ2v) is 4.38. The summed E-state index contributed by atoms with van der Waals surface area (Å²) in [5, 5.41) is 0. The van der Waals surface area contributed by atoms with Gasteiger partial charge in [0.25, 0.3) is 0 Å². The van der Waals surface area contributed by atoms with E-state index in [0.717, 1.165) is 6.42 Å². The molecule has 0 aromatic carbocycles. The summed E-state index contributed by atoms with van der Waals surface area (Å²) in [5.74, 6) is -0.404. The molecule has 0 fully saturated rings. The summed E-state index contributed by atoms with van der Waals surface area (Å²) in [6.45, 7) is 9.26. The van der Waals surface area contributed by atoms with Crippen LogP contribution in [0.1, 0.15) is 59.3 Å². The summed E-state index contributed by atoms with van der Waals surface area (Å²) in [6.07, 6.45) is 9.68. The Hall–Kier alpha value is -1.25. The van der Waals surface area contributed by atoms with Gasteiger partial charge in [-0.15, -0.1) is 0 Å². The van der Waals surface area contributed by atoms with Crippen LogP contribution < -0.4 is 0 Å². The number of ether oxygens (including phenoxy) is 2. The van der Waals surface area contributed by atoms with E-state index in [4.69, 9.17) is 9.47 Å². The molecule has 1 atom stereocenters. The molecule has 0 aliphatic rings. The Bertz CT molecular complexity index is 269. The molecular weight excluding hydrogens is 228 g/mol. The van der Waals surface area contributed by atoms with Crippen LogP contribution in [0.25, 0.3) is 0 Å². The SMILES string of the molecule is C=C(C)C(=O)OC(CC)O/C=C/CCCCCC. The fourth-order valence-corrected chi connectivity index (χ4v) is 1.33. The fourth-order valence-electron chi connectivity index (χ4n) is 1.33. The Morgan fingerprint density at radius 1 is 1.28 bits per heavy atom. The molecule has 0 radical (unpaired) electrons. The molecule has 104 valence electrons. The normalized spacial score (nSPS) is 12.4. The number of allylic oxidation sites excluding steroid dienone is 1. The van der Waals surface area contributed by atoms with E-state index in [1.807, 2.05) is 13.0 Å². The zero-order valence-corrected chi connectivity index (χ0v) is 11.9. The first-order chi connectivity index (χ1) is 8.61. The maximum atomic E-state index is 11.3. The summed E-state index contributed by atoms with van der Waals surface area (Å²) in [4.78, 5) is 11.3. The second kappa shape index (κ2) is 10.9. The molecule has 0 rings (SSSR count). The largest absolute Gasteiger partial charge is 0.463 e. The Morgan fingerprint density at radius 2 is 2.00 bits per heavy atom. The van der Waals surface area contributed by atoms with Crippen molar-refractivity contribution in [2.75, 3.05) is 0 Å². The lowest BCUT2D eigenvalue weighted by Crippen LogP contribution is -2.19. The van der Waals surface area contributed by atoms with Gasteiger partial charge in [-0.05, 0) is 25.8 Å². The Balaban J connectivity index is 3.75. The first kappa shape index (κ1) is 16.8. The molecule has 0 saturated carbocycles. The molecule has 0 amide bonds. The van der Waals surface area contributed by atoms with E-state index >= 15 is 0 Å². The Morgan fingerprint density at radius 3 is 2.56 bits per heavy atom. The van der Waals surface area contributed by atoms with Gasteiger partial charge in [-0.2, -0.15) is 0 Å². The van der Waals surface area contributed by atoms with Crippen LogP contribution in [-0.2, 0) is 14.3 Å². The molecule has 0 aromatic heterocycles. The molecular formula is C15H26O3. The highest BCUT2D eigenvalue weighted by Gasteiger charge is 2.12. The number of carbonyl (C=O) groups excluding carboxylic acids is 1. The van der Waals surface area contributed by atoms with Gasteiger partial charge in [-0.3, -0.25) is 0 Å². The quantitative estimate of drug-likeness (QED) is 0.191. The molecule has 0 spiro atoms. The third kappa shape index (κ3) is 8.85. The average Bonchev–Trinajstić information content (AvgIpc) is 2.35. The third-order valence-corrected chi connectivity index (χ3v) is 2.47. The first-order valence-corrected chi connectivity index (χ1v) is 6.78. The van der Waals surface area contributed by atoms with Crippen molar-refractivity contribution in [3.05, 3.63) is 24.5 Å². The van der Waals surface area contributed by atoms with E-state index < -0.39 is 12.3 Å². The van der Waals surface area contributed by atoms with Crippen LogP contribution in [0.4, 0.5) is 0 Å². The van der Waals surface area contributed by atoms with E-state index in [1.54, 1.807) is 13.2 Å². The predicted octanol–water partition coefficient (Wildman–Crippen LogP) is 4.34. The minimum absolute atomic E-state index is 0.389. The maximum Gasteiger partial charge on any atom is 0.336 e. The highest BCUT2D eigenvalue weighted by molar-refractivity contribution is 5.86. The summed E-state index contributed by atoms with van der Waals surface area (Å²) in [5.41, 5.74) is 0.389. The van der Waals surface area contributed by atoms with Crippen LogP contribution in [0, 0.1) is 0 Å². The van der Waals surface area contributed by atoms with Gasteiger partial charge in [-0.25, -0.2) is 4.79 Å². The highest BCUT2D eigenvalue weighted by Crippen LogP contribution is 2.07. The molecule has 1 unspecified atom stereocenters. The summed E-state index contributed by atoms with van der Waals surface area (Å²) in [6, 6.07) is 0. The third-order valence-electron chi connectivity index (χ3n) is 2.47. The average molecular weight is 254 g/mol. The number of carbonyl (C=O) groups is 1. The lowest BCUT2D eigenvalue weighted by atomic mass is 10.1. The van der Waals surface area contributed by atoms with Crippen molar-refractivity contribution in [1.29, 1.82) is 0 Å². The van der Waals surface area contributed by atoms with Gasteiger partial charge < -0.3 is 9.47 Å². The van der Waals surface area contributed by atoms with Crippen molar-refractivity contribution in [1.82, 2.24) is 0 Å². The molecule has 0 N–H and O–H groups in total. The van der Waals surface area contributed by atoms with Gasteiger partial charge >= 0.3 is 5.97 Å². The molecule has 18 heavy (non-hydrogen) atoms. The summed E-state index contributed by atoms with van der Waals surface area (Å²) < 4.78 is 10.4. The minimum Gasteiger partial charge on any atom is -0.463 e. The van der Waals surface area contributed by atoms with E-state index in [-0.39, 0.29) is 0 Å². The van der Waals surface area contributed by atoms with Gasteiger partial charge in [0.15, 0.2) is 0 Å². The van der Waals surface area contributed by atoms with Gasteiger partial charge in [0.05, 0.1) is 6.26 Å². The van der Waals surface area contributed by atoms with Crippen LogP contribution >= 0.6 is 0 Å². The van der Waals surface area contributed by atoms with E-state index in [9.17, 15) is 4.79 Å². The van der Waals surface area contributed by atoms with E-state index in [1.165, 1.54) is 25.7 Å². The highest BCUT2D eigenvalue weighted by atomic mass is 16.7. The zero-order valence-electron chi connectivity index (χ0n) is 11.9. The van der Waals surface area contributed by atoms with Gasteiger partial charge in [0.2, 0.25) is 6.29 Å². The monoisotopic (exact) mass is 254 g/mol. The molecule has 0 heterocycles. The Labute approximate surface area is 111 Å². The first-order valence-electron chi connectivity index (χ1n) is 6.78. The zero-order chi connectivity index (χ0) is 13.8. The van der Waals surface area contributed by atoms with Crippen LogP contribution in [0.3, 0.4) is 0 Å².